The third-order valence-electron chi connectivity index (χ3n) is 2.55. The van der Waals surface area contributed by atoms with Gasteiger partial charge in [0, 0.05) is 11.7 Å². The number of anilines is 1. The molecule has 0 saturated heterocycles. The van der Waals surface area contributed by atoms with E-state index in [1.807, 2.05) is 0 Å². The van der Waals surface area contributed by atoms with Gasteiger partial charge in [0.15, 0.2) is 0 Å². The van der Waals surface area contributed by atoms with Crippen LogP contribution in [0.3, 0.4) is 0 Å². The minimum Gasteiger partial charge on any atom is -0.370 e. The third-order valence-corrected chi connectivity index (χ3v) is 2.84. The van der Waals surface area contributed by atoms with E-state index in [-0.39, 0.29) is 11.1 Å². The minimum absolute atomic E-state index is 0.0530. The summed E-state index contributed by atoms with van der Waals surface area (Å²) in [6, 6.07) is 2.49. The van der Waals surface area contributed by atoms with Crippen molar-refractivity contribution in [3.8, 4) is 0 Å². The summed E-state index contributed by atoms with van der Waals surface area (Å²) in [4.78, 5) is 0. The molecule has 5 heteroatoms. The summed E-state index contributed by atoms with van der Waals surface area (Å²) < 4.78 is 13.2. The Hall–Kier alpha value is -1.10. The zero-order chi connectivity index (χ0) is 11.9. The summed E-state index contributed by atoms with van der Waals surface area (Å²) in [5.74, 6) is -0.516. The van der Waals surface area contributed by atoms with E-state index in [4.69, 9.17) is 17.3 Å². The Kier molecular flexibility index (Phi) is 2.88. The van der Waals surface area contributed by atoms with Gasteiger partial charge in [-0.3, -0.25) is 0 Å². The molecule has 0 aliphatic carbocycles. The molecule has 4 N–H and O–H groups in total. The second-order valence-electron chi connectivity index (χ2n) is 3.83. The molecule has 1 aromatic rings. The van der Waals surface area contributed by atoms with E-state index < -0.39 is 12.0 Å². The first kappa shape index (κ1) is 11.4. The second-order valence-corrected chi connectivity index (χ2v) is 4.24. The number of hydrogen-bond donors (Lipinski definition) is 3. The van der Waals surface area contributed by atoms with Gasteiger partial charge in [-0.2, -0.15) is 0 Å². The fraction of sp³-hybridized carbons (Fsp3) is 0.273. The summed E-state index contributed by atoms with van der Waals surface area (Å²) in [5, 5.41) is 12.6. The summed E-state index contributed by atoms with van der Waals surface area (Å²) in [6.45, 7) is 1.77. The monoisotopic (exact) mass is 242 g/mol. The fourth-order valence-corrected chi connectivity index (χ4v) is 1.85. The minimum atomic E-state index is -0.881. The van der Waals surface area contributed by atoms with Crippen molar-refractivity contribution in [1.29, 1.82) is 0 Å². The lowest BCUT2D eigenvalue weighted by atomic mass is 9.99. The van der Waals surface area contributed by atoms with Crippen molar-refractivity contribution in [1.82, 2.24) is 0 Å². The largest absolute Gasteiger partial charge is 0.370 e. The molecule has 1 aliphatic rings. The van der Waals surface area contributed by atoms with Crippen molar-refractivity contribution in [2.24, 2.45) is 5.73 Å². The Balaban J connectivity index is 2.51. The molecule has 86 valence electrons. The molecule has 16 heavy (non-hydrogen) atoms. The lowest BCUT2D eigenvalue weighted by Gasteiger charge is -2.26. The summed E-state index contributed by atoms with van der Waals surface area (Å²) >= 11 is 5.68. The van der Waals surface area contributed by atoms with Gasteiger partial charge in [-0.05, 0) is 36.3 Å². The van der Waals surface area contributed by atoms with E-state index in [2.05, 4.69) is 5.32 Å². The van der Waals surface area contributed by atoms with E-state index in [1.165, 1.54) is 12.1 Å². The third kappa shape index (κ3) is 1.91. The van der Waals surface area contributed by atoms with Crippen molar-refractivity contribution < 1.29 is 9.50 Å². The lowest BCUT2D eigenvalue weighted by molar-refractivity contribution is 0.233. The zero-order valence-corrected chi connectivity index (χ0v) is 9.42. The average molecular weight is 243 g/mol. The van der Waals surface area contributed by atoms with Crippen LogP contribution in [0.15, 0.2) is 17.7 Å². The maximum atomic E-state index is 13.2. The molecule has 0 amide bonds. The molecule has 1 aliphatic heterocycles. The van der Waals surface area contributed by atoms with Crippen LogP contribution in [-0.2, 0) is 0 Å². The van der Waals surface area contributed by atoms with Gasteiger partial charge < -0.3 is 16.2 Å². The molecule has 0 bridgehead atoms. The first-order valence-corrected chi connectivity index (χ1v) is 5.27. The highest BCUT2D eigenvalue weighted by Gasteiger charge is 2.21. The molecule has 1 heterocycles. The van der Waals surface area contributed by atoms with Crippen molar-refractivity contribution in [2.75, 3.05) is 5.32 Å². The average Bonchev–Trinajstić information content (AvgIpc) is 2.19. The Labute approximate surface area is 97.7 Å². The summed E-state index contributed by atoms with van der Waals surface area (Å²) in [5.41, 5.74) is 7.59. The van der Waals surface area contributed by atoms with Crippen LogP contribution in [0.4, 0.5) is 10.1 Å². The van der Waals surface area contributed by atoms with Crippen LogP contribution in [0.5, 0.6) is 0 Å². The van der Waals surface area contributed by atoms with Gasteiger partial charge in [-0.25, -0.2) is 4.39 Å². The van der Waals surface area contributed by atoms with E-state index >= 15 is 0 Å². The Morgan fingerprint density at radius 3 is 2.88 bits per heavy atom. The molecule has 0 spiro atoms. The highest BCUT2D eigenvalue weighted by Crippen LogP contribution is 2.31. The molecule has 3 nitrogen and oxygen atoms in total. The van der Waals surface area contributed by atoms with Gasteiger partial charge in [-0.15, -0.1) is 0 Å². The standard InChI is InChI=1S/C11H12ClFN2O/c1-5(14)7-2-6-3-8(12)9(13)4-10(6)15-11(7)16/h2-5,11,15-16H,14H2,1H3. The van der Waals surface area contributed by atoms with Gasteiger partial charge in [-0.1, -0.05) is 11.6 Å². The molecule has 2 unspecified atom stereocenters. The topological polar surface area (TPSA) is 58.3 Å². The van der Waals surface area contributed by atoms with Crippen LogP contribution in [0, 0.1) is 5.82 Å². The maximum Gasteiger partial charge on any atom is 0.148 e. The maximum absolute atomic E-state index is 13.2. The number of aliphatic hydroxyl groups is 1. The molecule has 1 aromatic carbocycles. The van der Waals surface area contributed by atoms with Crippen molar-refractivity contribution >= 4 is 23.4 Å². The van der Waals surface area contributed by atoms with Crippen LogP contribution in [-0.4, -0.2) is 17.4 Å². The van der Waals surface area contributed by atoms with Crippen molar-refractivity contribution in [3.05, 3.63) is 34.1 Å². The van der Waals surface area contributed by atoms with Gasteiger partial charge in [0.25, 0.3) is 0 Å². The Bertz CT molecular complexity index is 460. The van der Waals surface area contributed by atoms with Gasteiger partial charge in [0.2, 0.25) is 0 Å². The number of rotatable bonds is 1. The molecule has 0 saturated carbocycles. The normalized spacial score (nSPS) is 20.8. The summed E-state index contributed by atoms with van der Waals surface area (Å²) in [7, 11) is 0. The number of aliphatic hydroxyl groups excluding tert-OH is 1. The highest BCUT2D eigenvalue weighted by molar-refractivity contribution is 6.31. The molecule has 0 radical (unpaired) electrons. The second kappa shape index (κ2) is 4.05. The quantitative estimate of drug-likeness (QED) is 0.706. The van der Waals surface area contributed by atoms with Gasteiger partial charge in [0.05, 0.1) is 5.02 Å². The predicted octanol–water partition coefficient (Wildman–Crippen LogP) is 1.95. The molecule has 2 atom stereocenters. The van der Waals surface area contributed by atoms with Crippen LogP contribution >= 0.6 is 11.6 Å². The Morgan fingerprint density at radius 1 is 1.56 bits per heavy atom. The first-order valence-electron chi connectivity index (χ1n) is 4.89. The van der Waals surface area contributed by atoms with E-state index in [1.54, 1.807) is 13.0 Å². The molecular formula is C11H12ClFN2O. The fourth-order valence-electron chi connectivity index (χ4n) is 1.68. The number of halogens is 2. The summed E-state index contributed by atoms with van der Waals surface area (Å²) in [6.07, 6.45) is 0.847. The lowest BCUT2D eigenvalue weighted by Crippen LogP contribution is -2.34. The number of nitrogens with one attached hydrogen (secondary N) is 1. The van der Waals surface area contributed by atoms with Crippen LogP contribution in [0.25, 0.3) is 6.08 Å². The Morgan fingerprint density at radius 2 is 2.25 bits per heavy atom. The zero-order valence-electron chi connectivity index (χ0n) is 8.67. The molecule has 0 fully saturated rings. The predicted molar refractivity (Wildman–Crippen MR) is 62.7 cm³/mol. The number of nitrogens with two attached hydrogens (primary N) is 1. The first-order chi connectivity index (χ1) is 7.49. The number of benzene rings is 1. The van der Waals surface area contributed by atoms with Crippen molar-refractivity contribution in [2.45, 2.75) is 19.2 Å². The van der Waals surface area contributed by atoms with Crippen LogP contribution in [0.2, 0.25) is 5.02 Å². The molecule has 0 aromatic heterocycles. The smallest absolute Gasteiger partial charge is 0.148 e. The van der Waals surface area contributed by atoms with E-state index in [0.717, 1.165) is 5.56 Å². The molecule has 2 rings (SSSR count). The van der Waals surface area contributed by atoms with Gasteiger partial charge in [0.1, 0.15) is 12.0 Å². The van der Waals surface area contributed by atoms with E-state index in [9.17, 15) is 9.50 Å². The van der Waals surface area contributed by atoms with Crippen LogP contribution < -0.4 is 11.1 Å². The number of hydrogen-bond acceptors (Lipinski definition) is 3. The van der Waals surface area contributed by atoms with E-state index in [0.29, 0.717) is 11.3 Å². The van der Waals surface area contributed by atoms with Gasteiger partial charge >= 0.3 is 0 Å². The molecular weight excluding hydrogens is 231 g/mol. The SMILES string of the molecule is CC(N)C1=Cc2cc(Cl)c(F)cc2NC1O. The highest BCUT2D eigenvalue weighted by atomic mass is 35.5. The van der Waals surface area contributed by atoms with Crippen molar-refractivity contribution in [3.63, 3.8) is 0 Å². The van der Waals surface area contributed by atoms with Crippen LogP contribution in [0.1, 0.15) is 12.5 Å². The number of fused-ring (bicyclic) bond motifs is 1.